The molecule has 0 amide bonds. The van der Waals surface area contributed by atoms with E-state index in [4.69, 9.17) is 0 Å². The number of nitrogens with zero attached hydrogens (tertiary/aromatic N) is 2. The Bertz CT molecular complexity index is 248. The van der Waals surface area contributed by atoms with Gasteiger partial charge in [0.25, 0.3) is 0 Å². The molecule has 0 saturated heterocycles. The highest BCUT2D eigenvalue weighted by Gasteiger charge is 2.13. The minimum absolute atomic E-state index is 0.542. The van der Waals surface area contributed by atoms with E-state index in [1.54, 1.807) is 26.2 Å². The number of hydrogen-bond donors (Lipinski definition) is 1. The quantitative estimate of drug-likeness (QED) is 0.715. The molecule has 0 bridgehead atoms. The Morgan fingerprint density at radius 3 is 2.42 bits per heavy atom. The Morgan fingerprint density at radius 2 is 2.00 bits per heavy atom. The molecule has 66 valence electrons. The van der Waals surface area contributed by atoms with Crippen LogP contribution in [0.25, 0.3) is 0 Å². The highest BCUT2D eigenvalue weighted by atomic mass is 16.3. The Balaban J connectivity index is 2.71. The van der Waals surface area contributed by atoms with Crippen molar-refractivity contribution in [1.82, 2.24) is 9.97 Å². The summed E-state index contributed by atoms with van der Waals surface area (Å²) in [6.45, 7) is 5.41. The van der Waals surface area contributed by atoms with E-state index < -0.39 is 5.60 Å². The van der Waals surface area contributed by atoms with Crippen LogP contribution in [0.2, 0.25) is 0 Å². The highest BCUT2D eigenvalue weighted by molar-refractivity contribution is 5.03. The summed E-state index contributed by atoms with van der Waals surface area (Å²) in [5, 5.41) is 9.47. The molecule has 0 atom stereocenters. The monoisotopic (exact) mass is 166 g/mol. The lowest BCUT2D eigenvalue weighted by Crippen LogP contribution is -2.22. The van der Waals surface area contributed by atoms with E-state index in [1.165, 1.54) is 0 Å². The fourth-order valence-corrected chi connectivity index (χ4v) is 0.954. The Kier molecular flexibility index (Phi) is 2.43. The summed E-state index contributed by atoms with van der Waals surface area (Å²) < 4.78 is 0. The van der Waals surface area contributed by atoms with Crippen LogP contribution >= 0.6 is 0 Å². The second kappa shape index (κ2) is 3.19. The molecule has 1 N–H and O–H groups in total. The zero-order valence-corrected chi connectivity index (χ0v) is 7.70. The third-order valence-corrected chi connectivity index (χ3v) is 1.45. The van der Waals surface area contributed by atoms with Crippen molar-refractivity contribution < 1.29 is 5.11 Å². The Labute approximate surface area is 72.5 Å². The predicted octanol–water partition coefficient (Wildman–Crippen LogP) is 1.10. The molecule has 1 aromatic heterocycles. The van der Waals surface area contributed by atoms with Gasteiger partial charge in [0.1, 0.15) is 0 Å². The number of aromatic nitrogens is 2. The van der Waals surface area contributed by atoms with Crippen LogP contribution in [-0.4, -0.2) is 20.7 Å². The van der Waals surface area contributed by atoms with E-state index in [0.717, 1.165) is 11.4 Å². The number of aliphatic hydroxyl groups is 1. The molecular formula is C9H14N2O. The minimum atomic E-state index is -0.704. The summed E-state index contributed by atoms with van der Waals surface area (Å²) in [6.07, 6.45) is 3.95. The molecule has 0 radical (unpaired) electrons. The largest absolute Gasteiger partial charge is 0.390 e. The summed E-state index contributed by atoms with van der Waals surface area (Å²) in [5.74, 6) is 0. The lowest BCUT2D eigenvalue weighted by Gasteiger charge is -2.15. The molecule has 1 heterocycles. The zero-order chi connectivity index (χ0) is 9.19. The molecule has 0 aliphatic carbocycles. The van der Waals surface area contributed by atoms with E-state index >= 15 is 0 Å². The number of aryl methyl sites for hydroxylation is 1. The molecule has 0 spiro atoms. The molecule has 0 aliphatic rings. The SMILES string of the molecule is Cc1cnc(CC(C)(C)O)cn1. The van der Waals surface area contributed by atoms with Gasteiger partial charge in [-0.3, -0.25) is 9.97 Å². The van der Waals surface area contributed by atoms with E-state index in [-0.39, 0.29) is 0 Å². The van der Waals surface area contributed by atoms with Gasteiger partial charge in [-0.05, 0) is 20.8 Å². The molecular weight excluding hydrogens is 152 g/mol. The summed E-state index contributed by atoms with van der Waals surface area (Å²) in [4.78, 5) is 8.23. The summed E-state index contributed by atoms with van der Waals surface area (Å²) in [5.41, 5.74) is 1.02. The maximum Gasteiger partial charge on any atom is 0.0647 e. The van der Waals surface area contributed by atoms with Crippen LogP contribution < -0.4 is 0 Å². The van der Waals surface area contributed by atoms with Gasteiger partial charge in [-0.2, -0.15) is 0 Å². The standard InChI is InChI=1S/C9H14N2O/c1-7-5-11-8(6-10-7)4-9(2,3)12/h5-6,12H,4H2,1-3H3. The van der Waals surface area contributed by atoms with Crippen LogP contribution in [0.1, 0.15) is 25.2 Å². The van der Waals surface area contributed by atoms with Crippen molar-refractivity contribution in [3.8, 4) is 0 Å². The van der Waals surface area contributed by atoms with E-state index in [2.05, 4.69) is 9.97 Å². The van der Waals surface area contributed by atoms with Crippen LogP contribution in [0.15, 0.2) is 12.4 Å². The molecule has 0 saturated carbocycles. The Hall–Kier alpha value is -0.960. The maximum absolute atomic E-state index is 9.47. The molecule has 3 nitrogen and oxygen atoms in total. The van der Waals surface area contributed by atoms with Crippen LogP contribution in [0, 0.1) is 6.92 Å². The van der Waals surface area contributed by atoms with E-state index in [9.17, 15) is 5.11 Å². The van der Waals surface area contributed by atoms with Crippen molar-refractivity contribution in [1.29, 1.82) is 0 Å². The van der Waals surface area contributed by atoms with Crippen molar-refractivity contribution in [3.63, 3.8) is 0 Å². The maximum atomic E-state index is 9.47. The third kappa shape index (κ3) is 2.96. The summed E-state index contributed by atoms with van der Waals surface area (Å²) in [6, 6.07) is 0. The molecule has 3 heteroatoms. The van der Waals surface area contributed by atoms with Crippen molar-refractivity contribution in [2.75, 3.05) is 0 Å². The van der Waals surface area contributed by atoms with Gasteiger partial charge in [0, 0.05) is 18.8 Å². The minimum Gasteiger partial charge on any atom is -0.390 e. The number of hydrogen-bond acceptors (Lipinski definition) is 3. The van der Waals surface area contributed by atoms with E-state index in [0.29, 0.717) is 6.42 Å². The van der Waals surface area contributed by atoms with Crippen LogP contribution in [0.4, 0.5) is 0 Å². The topological polar surface area (TPSA) is 46.0 Å². The van der Waals surface area contributed by atoms with Gasteiger partial charge < -0.3 is 5.11 Å². The van der Waals surface area contributed by atoms with Gasteiger partial charge >= 0.3 is 0 Å². The van der Waals surface area contributed by atoms with Crippen molar-refractivity contribution in [3.05, 3.63) is 23.8 Å². The van der Waals surface area contributed by atoms with Crippen LogP contribution in [-0.2, 0) is 6.42 Å². The van der Waals surface area contributed by atoms with Gasteiger partial charge in [0.05, 0.1) is 17.0 Å². The second-order valence-electron chi connectivity index (χ2n) is 3.64. The highest BCUT2D eigenvalue weighted by Crippen LogP contribution is 2.08. The number of rotatable bonds is 2. The molecule has 0 fully saturated rings. The van der Waals surface area contributed by atoms with Gasteiger partial charge in [-0.15, -0.1) is 0 Å². The van der Waals surface area contributed by atoms with Gasteiger partial charge in [-0.1, -0.05) is 0 Å². The molecule has 0 aromatic carbocycles. The molecule has 0 unspecified atom stereocenters. The first kappa shape index (κ1) is 9.13. The smallest absolute Gasteiger partial charge is 0.0647 e. The fourth-order valence-electron chi connectivity index (χ4n) is 0.954. The molecule has 0 aliphatic heterocycles. The lowest BCUT2D eigenvalue weighted by atomic mass is 10.0. The Morgan fingerprint density at radius 1 is 1.33 bits per heavy atom. The molecule has 12 heavy (non-hydrogen) atoms. The first-order valence-electron chi connectivity index (χ1n) is 3.97. The van der Waals surface area contributed by atoms with Crippen molar-refractivity contribution >= 4 is 0 Å². The van der Waals surface area contributed by atoms with Crippen LogP contribution in [0.3, 0.4) is 0 Å². The molecule has 1 rings (SSSR count). The normalized spacial score (nSPS) is 11.7. The van der Waals surface area contributed by atoms with E-state index in [1.807, 2.05) is 6.92 Å². The third-order valence-electron chi connectivity index (χ3n) is 1.45. The predicted molar refractivity (Wildman–Crippen MR) is 46.8 cm³/mol. The second-order valence-corrected chi connectivity index (χ2v) is 3.64. The average Bonchev–Trinajstić information content (AvgIpc) is 1.91. The summed E-state index contributed by atoms with van der Waals surface area (Å²) >= 11 is 0. The van der Waals surface area contributed by atoms with Gasteiger partial charge in [-0.25, -0.2) is 0 Å². The fraction of sp³-hybridized carbons (Fsp3) is 0.556. The van der Waals surface area contributed by atoms with Crippen LogP contribution in [0.5, 0.6) is 0 Å². The van der Waals surface area contributed by atoms with Gasteiger partial charge in [0.15, 0.2) is 0 Å². The van der Waals surface area contributed by atoms with Gasteiger partial charge in [0.2, 0.25) is 0 Å². The van der Waals surface area contributed by atoms with Crippen molar-refractivity contribution in [2.45, 2.75) is 32.8 Å². The summed E-state index contributed by atoms with van der Waals surface area (Å²) in [7, 11) is 0. The first-order valence-corrected chi connectivity index (χ1v) is 3.97. The molecule has 1 aromatic rings. The lowest BCUT2D eigenvalue weighted by molar-refractivity contribution is 0.0798. The zero-order valence-electron chi connectivity index (χ0n) is 7.70. The average molecular weight is 166 g/mol. The first-order chi connectivity index (χ1) is 5.47. The van der Waals surface area contributed by atoms with Crippen molar-refractivity contribution in [2.24, 2.45) is 0 Å².